The Hall–Kier alpha value is -2.70. The number of nitro groups is 1. The lowest BCUT2D eigenvalue weighted by molar-refractivity contribution is -0.384. The molecule has 0 heterocycles. The first-order valence-electron chi connectivity index (χ1n) is 9.54. The summed E-state index contributed by atoms with van der Waals surface area (Å²) in [4.78, 5) is 22.8. The summed E-state index contributed by atoms with van der Waals surface area (Å²) in [6, 6.07) is 12.8. The number of hydrogen-bond donors (Lipinski definition) is 1. The van der Waals surface area contributed by atoms with Crippen LogP contribution in [0.5, 0.6) is 5.75 Å². The summed E-state index contributed by atoms with van der Waals surface area (Å²) in [5.41, 5.74) is -0.124. The molecule has 0 bridgehead atoms. The maximum absolute atomic E-state index is 13.7. The number of carbonyl (C=O) groups is 1. The van der Waals surface area contributed by atoms with Crippen LogP contribution in [-0.4, -0.2) is 23.5 Å². The molecule has 162 valence electrons. The van der Waals surface area contributed by atoms with Gasteiger partial charge in [0, 0.05) is 12.1 Å². The summed E-state index contributed by atoms with van der Waals surface area (Å²) in [7, 11) is -3.79. The number of ether oxygens (including phenoxy) is 1. The quantitative estimate of drug-likeness (QED) is 0.269. The van der Waals surface area contributed by atoms with E-state index in [0.29, 0.717) is 12.2 Å². The van der Waals surface area contributed by atoms with Gasteiger partial charge >= 0.3 is 13.5 Å². The Balaban J connectivity index is 2.21. The van der Waals surface area contributed by atoms with Gasteiger partial charge in [0.25, 0.3) is 5.69 Å². The maximum Gasteiger partial charge on any atom is 0.347 e. The summed E-state index contributed by atoms with van der Waals surface area (Å²) in [6.07, 6.45) is 0.686. The summed E-state index contributed by atoms with van der Waals surface area (Å²) in [6.45, 7) is 7.90. The van der Waals surface area contributed by atoms with Crippen LogP contribution in [0.3, 0.4) is 0 Å². The molecule has 2 aromatic carbocycles. The molecule has 2 aromatic rings. The Morgan fingerprint density at radius 1 is 1.13 bits per heavy atom. The highest BCUT2D eigenvalue weighted by atomic mass is 31.2. The molecule has 2 rings (SSSR count). The fourth-order valence-corrected chi connectivity index (χ4v) is 4.33. The normalized spacial score (nSPS) is 14.4. The number of nitrogens with zero attached hydrogens (tertiary/aromatic N) is 1. The van der Waals surface area contributed by atoms with Gasteiger partial charge in [-0.2, -0.15) is 0 Å². The first-order valence-corrected chi connectivity index (χ1v) is 11.2. The summed E-state index contributed by atoms with van der Waals surface area (Å²) in [5, 5.41) is 13.9. The molecule has 0 radical (unpaired) electrons. The number of esters is 1. The van der Waals surface area contributed by atoms with Crippen molar-refractivity contribution in [1.29, 1.82) is 0 Å². The molecule has 30 heavy (non-hydrogen) atoms. The molecule has 0 aliphatic rings. The van der Waals surface area contributed by atoms with Gasteiger partial charge in [0.1, 0.15) is 11.8 Å². The second-order valence-corrected chi connectivity index (χ2v) is 10.1. The van der Waals surface area contributed by atoms with Crippen LogP contribution < -0.4 is 14.9 Å². The predicted molar refractivity (Wildman–Crippen MR) is 115 cm³/mol. The Morgan fingerprint density at radius 2 is 1.73 bits per heavy atom. The minimum Gasteiger partial charge on any atom is -0.465 e. The number of rotatable bonds is 9. The number of nitro benzene ring substituents is 1. The molecular weight excluding hydrogens is 407 g/mol. The zero-order chi connectivity index (χ0) is 22.4. The Morgan fingerprint density at radius 3 is 2.27 bits per heavy atom. The van der Waals surface area contributed by atoms with E-state index in [4.69, 9.17) is 9.26 Å². The van der Waals surface area contributed by atoms with E-state index in [1.807, 2.05) is 20.8 Å². The zero-order valence-corrected chi connectivity index (χ0v) is 18.4. The second kappa shape index (κ2) is 9.87. The molecule has 1 unspecified atom stereocenters. The lowest BCUT2D eigenvalue weighted by atomic mass is 9.93. The van der Waals surface area contributed by atoms with Gasteiger partial charge in [-0.25, -0.2) is 5.09 Å². The van der Waals surface area contributed by atoms with Gasteiger partial charge in [0.2, 0.25) is 0 Å². The number of benzene rings is 2. The lowest BCUT2D eigenvalue weighted by Gasteiger charge is -2.24. The van der Waals surface area contributed by atoms with Crippen molar-refractivity contribution in [3.63, 3.8) is 0 Å². The fourth-order valence-electron chi connectivity index (χ4n) is 2.44. The maximum atomic E-state index is 13.7. The van der Waals surface area contributed by atoms with Crippen LogP contribution in [0.2, 0.25) is 0 Å². The van der Waals surface area contributed by atoms with Gasteiger partial charge in [-0.05, 0) is 43.0 Å². The zero-order valence-electron chi connectivity index (χ0n) is 17.5. The topological polar surface area (TPSA) is 108 Å². The SMILES string of the molecule is C[C@H](NP(=O)(Oc1ccccc1)c1ccc([N+](=O)[O-])cc1)C(=O)OCCC(C)(C)C. The molecule has 0 spiro atoms. The van der Waals surface area contributed by atoms with E-state index in [1.54, 1.807) is 30.3 Å². The van der Waals surface area contributed by atoms with E-state index >= 15 is 0 Å². The Labute approximate surface area is 176 Å². The van der Waals surface area contributed by atoms with Crippen molar-refractivity contribution >= 4 is 24.5 Å². The number of hydrogen-bond acceptors (Lipinski definition) is 6. The van der Waals surface area contributed by atoms with Crippen LogP contribution in [0.4, 0.5) is 5.69 Å². The molecule has 0 fully saturated rings. The van der Waals surface area contributed by atoms with Gasteiger partial charge in [0.05, 0.1) is 16.8 Å². The molecule has 2 atom stereocenters. The second-order valence-electron chi connectivity index (χ2n) is 8.06. The van der Waals surface area contributed by atoms with Gasteiger partial charge < -0.3 is 9.26 Å². The Kier molecular flexibility index (Phi) is 7.76. The smallest absolute Gasteiger partial charge is 0.347 e. The molecular formula is C21H27N2O6P. The van der Waals surface area contributed by atoms with Crippen molar-refractivity contribution in [2.45, 2.75) is 40.2 Å². The minimum atomic E-state index is -3.79. The number of para-hydroxylation sites is 1. The highest BCUT2D eigenvalue weighted by Crippen LogP contribution is 2.43. The van der Waals surface area contributed by atoms with Crippen molar-refractivity contribution in [2.24, 2.45) is 5.41 Å². The molecule has 0 amide bonds. The van der Waals surface area contributed by atoms with Gasteiger partial charge in [-0.1, -0.05) is 39.0 Å². The van der Waals surface area contributed by atoms with Crippen molar-refractivity contribution in [3.05, 3.63) is 64.7 Å². The minimum absolute atomic E-state index is 0.0153. The number of non-ortho nitro benzene ring substituents is 1. The van der Waals surface area contributed by atoms with Crippen LogP contribution in [0, 0.1) is 15.5 Å². The summed E-state index contributed by atoms with van der Waals surface area (Å²) >= 11 is 0. The molecule has 0 saturated heterocycles. The first-order chi connectivity index (χ1) is 14.0. The molecule has 0 aromatic heterocycles. The lowest BCUT2D eigenvalue weighted by Crippen LogP contribution is -2.37. The average molecular weight is 434 g/mol. The summed E-state index contributed by atoms with van der Waals surface area (Å²) < 4.78 is 24.7. The van der Waals surface area contributed by atoms with Crippen LogP contribution >= 0.6 is 7.52 Å². The highest BCUT2D eigenvalue weighted by Gasteiger charge is 2.33. The van der Waals surface area contributed by atoms with Crippen LogP contribution in [0.1, 0.15) is 34.1 Å². The van der Waals surface area contributed by atoms with Gasteiger partial charge in [-0.15, -0.1) is 0 Å². The number of carbonyl (C=O) groups excluding carboxylic acids is 1. The van der Waals surface area contributed by atoms with Crippen molar-refractivity contribution in [3.8, 4) is 5.75 Å². The molecule has 0 aliphatic carbocycles. The van der Waals surface area contributed by atoms with E-state index in [0.717, 1.165) is 0 Å². The highest BCUT2D eigenvalue weighted by molar-refractivity contribution is 7.65. The molecule has 0 aliphatic heterocycles. The van der Waals surface area contributed by atoms with Gasteiger partial charge in [0.15, 0.2) is 0 Å². The third-order valence-electron chi connectivity index (χ3n) is 4.19. The van der Waals surface area contributed by atoms with E-state index < -0.39 is 24.5 Å². The van der Waals surface area contributed by atoms with Gasteiger partial charge in [-0.3, -0.25) is 19.5 Å². The third kappa shape index (κ3) is 6.97. The van der Waals surface area contributed by atoms with E-state index in [1.165, 1.54) is 31.2 Å². The number of nitrogens with one attached hydrogen (secondary N) is 1. The monoisotopic (exact) mass is 434 g/mol. The molecule has 8 nitrogen and oxygen atoms in total. The van der Waals surface area contributed by atoms with Crippen molar-refractivity contribution in [1.82, 2.24) is 5.09 Å². The predicted octanol–water partition coefficient (Wildman–Crippen LogP) is 4.45. The third-order valence-corrected chi connectivity index (χ3v) is 6.36. The van der Waals surface area contributed by atoms with Crippen LogP contribution in [0.15, 0.2) is 54.6 Å². The summed E-state index contributed by atoms with van der Waals surface area (Å²) in [5.74, 6) is -0.224. The fraction of sp³-hybridized carbons (Fsp3) is 0.381. The van der Waals surface area contributed by atoms with E-state index in [-0.39, 0.29) is 23.0 Å². The van der Waals surface area contributed by atoms with Crippen molar-refractivity contribution < 1.29 is 23.5 Å². The molecule has 0 saturated carbocycles. The van der Waals surface area contributed by atoms with Crippen LogP contribution in [0.25, 0.3) is 0 Å². The van der Waals surface area contributed by atoms with E-state index in [2.05, 4.69) is 5.09 Å². The first kappa shape index (κ1) is 23.6. The van der Waals surface area contributed by atoms with E-state index in [9.17, 15) is 19.5 Å². The average Bonchev–Trinajstić information content (AvgIpc) is 2.67. The van der Waals surface area contributed by atoms with Crippen molar-refractivity contribution in [2.75, 3.05) is 6.61 Å². The largest absolute Gasteiger partial charge is 0.465 e. The Bertz CT molecular complexity index is 909. The molecule has 9 heteroatoms. The van der Waals surface area contributed by atoms with Crippen LogP contribution in [-0.2, 0) is 14.1 Å². The standard InChI is InChI=1S/C21H27N2O6P/c1-16(20(24)28-15-14-21(2,3)4)22-30(27,29-18-8-6-5-7-9-18)19-12-10-17(11-13-19)23(25)26/h5-13,16H,14-15H2,1-4H3,(H,22,27)/t16-,30?/m0/s1. The molecule has 1 N–H and O–H groups in total.